The standard InChI is InChI=1S/C18H17BrN2O5/c1-3-25-16-8-13(15(19)9-17(16)26-11(2)22)10-20-21-14-6-4-5-12(7-14)18(23)24/h4-10,21H,3H2,1-2H3,(H,23,24)/b20-10-. The summed E-state index contributed by atoms with van der Waals surface area (Å²) in [5, 5.41) is 13.1. The summed E-state index contributed by atoms with van der Waals surface area (Å²) < 4.78 is 11.3. The number of ether oxygens (including phenoxy) is 2. The molecule has 26 heavy (non-hydrogen) atoms. The van der Waals surface area contributed by atoms with Crippen molar-refractivity contribution in [2.45, 2.75) is 13.8 Å². The minimum atomic E-state index is -1.01. The SMILES string of the molecule is CCOc1cc(/C=N\Nc2cccc(C(=O)O)c2)c(Br)cc1OC(C)=O. The molecule has 0 radical (unpaired) electrons. The predicted molar refractivity (Wildman–Crippen MR) is 101 cm³/mol. The summed E-state index contributed by atoms with van der Waals surface area (Å²) in [6, 6.07) is 9.61. The number of carboxylic acids is 1. The van der Waals surface area contributed by atoms with Gasteiger partial charge in [-0.05, 0) is 53.2 Å². The van der Waals surface area contributed by atoms with E-state index in [9.17, 15) is 9.59 Å². The summed E-state index contributed by atoms with van der Waals surface area (Å²) in [6.07, 6.45) is 1.54. The van der Waals surface area contributed by atoms with E-state index in [-0.39, 0.29) is 5.56 Å². The first kappa shape index (κ1) is 19.5. The smallest absolute Gasteiger partial charge is 0.335 e. The molecule has 7 nitrogen and oxygen atoms in total. The van der Waals surface area contributed by atoms with Crippen molar-refractivity contribution in [1.82, 2.24) is 0 Å². The van der Waals surface area contributed by atoms with Crippen LogP contribution in [0, 0.1) is 0 Å². The third-order valence-corrected chi connectivity index (χ3v) is 3.81. The summed E-state index contributed by atoms with van der Waals surface area (Å²) in [6.45, 7) is 3.55. The Hall–Kier alpha value is -2.87. The van der Waals surface area contributed by atoms with E-state index >= 15 is 0 Å². The highest BCUT2D eigenvalue weighted by molar-refractivity contribution is 9.10. The maximum atomic E-state index is 11.2. The van der Waals surface area contributed by atoms with Crippen LogP contribution in [-0.2, 0) is 4.79 Å². The Morgan fingerprint density at radius 1 is 1.27 bits per heavy atom. The second-order valence-electron chi connectivity index (χ2n) is 5.10. The quantitative estimate of drug-likeness (QED) is 0.305. The molecule has 2 aromatic rings. The van der Waals surface area contributed by atoms with E-state index in [0.29, 0.717) is 33.8 Å². The van der Waals surface area contributed by atoms with E-state index in [2.05, 4.69) is 26.5 Å². The molecule has 2 aromatic carbocycles. The molecule has 0 spiro atoms. The van der Waals surface area contributed by atoms with Gasteiger partial charge in [0.1, 0.15) is 0 Å². The number of nitrogens with one attached hydrogen (secondary N) is 1. The number of nitrogens with zero attached hydrogens (tertiary/aromatic N) is 1. The van der Waals surface area contributed by atoms with Crippen LogP contribution in [0.1, 0.15) is 29.8 Å². The molecule has 0 atom stereocenters. The van der Waals surface area contributed by atoms with Gasteiger partial charge in [0.05, 0.1) is 24.1 Å². The molecule has 2 N–H and O–H groups in total. The first-order valence-corrected chi connectivity index (χ1v) is 8.47. The van der Waals surface area contributed by atoms with Gasteiger partial charge in [0.25, 0.3) is 0 Å². The molecule has 0 unspecified atom stereocenters. The molecule has 0 amide bonds. The second kappa shape index (κ2) is 9.00. The highest BCUT2D eigenvalue weighted by Crippen LogP contribution is 2.33. The van der Waals surface area contributed by atoms with Gasteiger partial charge in [0, 0.05) is 17.0 Å². The van der Waals surface area contributed by atoms with Crippen LogP contribution in [0.15, 0.2) is 46.0 Å². The van der Waals surface area contributed by atoms with Crippen molar-refractivity contribution < 1.29 is 24.2 Å². The van der Waals surface area contributed by atoms with Crippen LogP contribution >= 0.6 is 15.9 Å². The van der Waals surface area contributed by atoms with Crippen molar-refractivity contribution in [3.63, 3.8) is 0 Å². The zero-order valence-electron chi connectivity index (χ0n) is 14.2. The van der Waals surface area contributed by atoms with Crippen molar-refractivity contribution in [3.8, 4) is 11.5 Å². The average Bonchev–Trinajstić information content (AvgIpc) is 2.58. The van der Waals surface area contributed by atoms with E-state index in [1.807, 2.05) is 6.92 Å². The highest BCUT2D eigenvalue weighted by atomic mass is 79.9. The first-order chi connectivity index (χ1) is 12.4. The summed E-state index contributed by atoms with van der Waals surface area (Å²) >= 11 is 3.40. The minimum absolute atomic E-state index is 0.163. The number of benzene rings is 2. The number of carboxylic acid groups (broad SMARTS) is 1. The molecule has 0 heterocycles. The monoisotopic (exact) mass is 420 g/mol. The number of hydrogen-bond donors (Lipinski definition) is 2. The number of rotatable bonds is 7. The number of anilines is 1. The largest absolute Gasteiger partial charge is 0.490 e. The average molecular weight is 421 g/mol. The lowest BCUT2D eigenvalue weighted by atomic mass is 10.2. The third kappa shape index (κ3) is 5.32. The van der Waals surface area contributed by atoms with Crippen LogP contribution < -0.4 is 14.9 Å². The second-order valence-corrected chi connectivity index (χ2v) is 5.96. The zero-order valence-corrected chi connectivity index (χ0v) is 15.7. The Labute approximate surface area is 158 Å². The van der Waals surface area contributed by atoms with Gasteiger partial charge >= 0.3 is 11.9 Å². The van der Waals surface area contributed by atoms with Gasteiger partial charge in [-0.3, -0.25) is 10.2 Å². The fourth-order valence-corrected chi connectivity index (χ4v) is 2.48. The van der Waals surface area contributed by atoms with E-state index in [1.165, 1.54) is 25.3 Å². The third-order valence-electron chi connectivity index (χ3n) is 3.12. The lowest BCUT2D eigenvalue weighted by Gasteiger charge is -2.11. The van der Waals surface area contributed by atoms with E-state index in [4.69, 9.17) is 14.6 Å². The van der Waals surface area contributed by atoms with Crippen LogP contribution in [0.4, 0.5) is 5.69 Å². The molecule has 0 saturated carbocycles. The summed E-state index contributed by atoms with van der Waals surface area (Å²) in [4.78, 5) is 22.2. The zero-order chi connectivity index (χ0) is 19.1. The summed E-state index contributed by atoms with van der Waals surface area (Å²) in [7, 11) is 0. The molecule has 0 bridgehead atoms. The number of hydrazone groups is 1. The Morgan fingerprint density at radius 3 is 2.69 bits per heavy atom. The van der Waals surface area contributed by atoms with E-state index in [1.54, 1.807) is 24.3 Å². The predicted octanol–water partition coefficient (Wildman–Crippen LogP) is 3.92. The fourth-order valence-electron chi connectivity index (χ4n) is 2.05. The number of aromatic carboxylic acids is 1. The lowest BCUT2D eigenvalue weighted by molar-refractivity contribution is -0.132. The van der Waals surface area contributed by atoms with Crippen LogP contribution in [0.25, 0.3) is 0 Å². The molecular weight excluding hydrogens is 404 g/mol. The normalized spacial score (nSPS) is 10.6. The van der Waals surface area contributed by atoms with Crippen LogP contribution in [0.5, 0.6) is 11.5 Å². The van der Waals surface area contributed by atoms with E-state index in [0.717, 1.165) is 0 Å². The molecule has 0 aliphatic heterocycles. The highest BCUT2D eigenvalue weighted by Gasteiger charge is 2.12. The number of halogens is 1. The number of carbonyl (C=O) groups excluding carboxylic acids is 1. The van der Waals surface area contributed by atoms with Crippen LogP contribution in [-0.4, -0.2) is 29.9 Å². The molecule has 8 heteroatoms. The molecule has 0 saturated heterocycles. The van der Waals surface area contributed by atoms with Gasteiger partial charge in [0.15, 0.2) is 11.5 Å². The van der Waals surface area contributed by atoms with Crippen LogP contribution in [0.2, 0.25) is 0 Å². The molecule has 2 rings (SSSR count). The van der Waals surface area contributed by atoms with Crippen molar-refractivity contribution in [2.24, 2.45) is 5.10 Å². The Balaban J connectivity index is 2.21. The maximum Gasteiger partial charge on any atom is 0.335 e. The van der Waals surface area contributed by atoms with Crippen molar-refractivity contribution in [2.75, 3.05) is 12.0 Å². The topological polar surface area (TPSA) is 97.2 Å². The Bertz CT molecular complexity index is 851. The minimum Gasteiger partial charge on any atom is -0.490 e. The summed E-state index contributed by atoms with van der Waals surface area (Å²) in [5.74, 6) is -0.729. The Kier molecular flexibility index (Phi) is 6.74. The number of carbonyl (C=O) groups is 2. The van der Waals surface area contributed by atoms with E-state index < -0.39 is 11.9 Å². The van der Waals surface area contributed by atoms with Gasteiger partial charge in [-0.1, -0.05) is 6.07 Å². The molecular formula is C18H17BrN2O5. The van der Waals surface area contributed by atoms with Crippen molar-refractivity contribution >= 4 is 39.8 Å². The van der Waals surface area contributed by atoms with Gasteiger partial charge < -0.3 is 14.6 Å². The number of hydrogen-bond acceptors (Lipinski definition) is 6. The van der Waals surface area contributed by atoms with Gasteiger partial charge in [0.2, 0.25) is 0 Å². The Morgan fingerprint density at radius 2 is 2.04 bits per heavy atom. The molecule has 136 valence electrons. The fraction of sp³-hybridized carbons (Fsp3) is 0.167. The summed E-state index contributed by atoms with van der Waals surface area (Å²) in [5.41, 5.74) is 4.16. The first-order valence-electron chi connectivity index (χ1n) is 7.68. The lowest BCUT2D eigenvalue weighted by Crippen LogP contribution is -2.05. The van der Waals surface area contributed by atoms with Gasteiger partial charge in [-0.25, -0.2) is 4.79 Å². The van der Waals surface area contributed by atoms with Crippen molar-refractivity contribution in [3.05, 3.63) is 52.0 Å². The van der Waals surface area contributed by atoms with Crippen molar-refractivity contribution in [1.29, 1.82) is 0 Å². The van der Waals surface area contributed by atoms with Gasteiger partial charge in [-0.15, -0.1) is 0 Å². The van der Waals surface area contributed by atoms with Crippen LogP contribution in [0.3, 0.4) is 0 Å². The van der Waals surface area contributed by atoms with Gasteiger partial charge in [-0.2, -0.15) is 5.10 Å². The molecule has 0 aliphatic rings. The molecule has 0 fully saturated rings. The molecule has 0 aliphatic carbocycles. The maximum absolute atomic E-state index is 11.2. The molecule has 0 aromatic heterocycles. The number of esters is 1.